The summed E-state index contributed by atoms with van der Waals surface area (Å²) in [5.74, 6) is -0.453. The van der Waals surface area contributed by atoms with Gasteiger partial charge in [0.1, 0.15) is 0 Å². The molecule has 1 amide bonds. The van der Waals surface area contributed by atoms with Gasteiger partial charge in [0.2, 0.25) is 5.91 Å². The summed E-state index contributed by atoms with van der Waals surface area (Å²) in [4.78, 5) is 16.6. The van der Waals surface area contributed by atoms with Crippen LogP contribution in [0.3, 0.4) is 0 Å². The largest absolute Gasteiger partial charge is 0.416 e. The molecule has 0 aliphatic rings. The van der Waals surface area contributed by atoms with Crippen molar-refractivity contribution in [1.82, 2.24) is 4.98 Å². The first kappa shape index (κ1) is 20.7. The number of thioether (sulfide) groups is 1. The van der Waals surface area contributed by atoms with Crippen LogP contribution in [0.1, 0.15) is 11.1 Å². The molecule has 1 N–H and O–H groups in total. The second-order valence-electron chi connectivity index (χ2n) is 5.89. The Labute approximate surface area is 172 Å². The molecule has 0 atom stereocenters. The van der Waals surface area contributed by atoms with Gasteiger partial charge in [-0.2, -0.15) is 13.2 Å². The molecule has 3 nitrogen and oxygen atoms in total. The predicted octanol–water partition coefficient (Wildman–Crippen LogP) is 6.52. The average molecular weight is 443 g/mol. The second-order valence-corrected chi connectivity index (χ2v) is 8.38. The van der Waals surface area contributed by atoms with E-state index in [-0.39, 0.29) is 16.5 Å². The van der Waals surface area contributed by atoms with Gasteiger partial charge in [0.05, 0.1) is 27.7 Å². The molecule has 0 fully saturated rings. The Kier molecular flexibility index (Phi) is 6.32. The Hall–Kier alpha value is -2.03. The first-order valence-corrected chi connectivity index (χ1v) is 10.3. The Morgan fingerprint density at radius 1 is 1.21 bits per heavy atom. The van der Waals surface area contributed by atoms with Crippen LogP contribution in [0.15, 0.2) is 52.2 Å². The number of thiazole rings is 1. The van der Waals surface area contributed by atoms with Crippen molar-refractivity contribution in [2.75, 3.05) is 11.1 Å². The number of alkyl halides is 3. The smallest absolute Gasteiger partial charge is 0.324 e. The number of hydrogen-bond acceptors (Lipinski definition) is 4. The summed E-state index contributed by atoms with van der Waals surface area (Å²) in [6.07, 6.45) is -4.51. The molecule has 3 aromatic rings. The fourth-order valence-electron chi connectivity index (χ4n) is 2.29. The number of hydrogen-bond donors (Lipinski definition) is 1. The summed E-state index contributed by atoms with van der Waals surface area (Å²) in [6, 6.07) is 10.7. The van der Waals surface area contributed by atoms with E-state index >= 15 is 0 Å². The van der Waals surface area contributed by atoms with E-state index in [2.05, 4.69) is 10.3 Å². The monoisotopic (exact) mass is 442 g/mol. The molecule has 1 heterocycles. The molecule has 1 aromatic heterocycles. The minimum absolute atomic E-state index is 0.00737. The Morgan fingerprint density at radius 2 is 1.93 bits per heavy atom. The molecular formula is C19H14ClF3N2OS2. The van der Waals surface area contributed by atoms with Crippen LogP contribution in [-0.2, 0) is 11.0 Å². The Bertz CT molecular complexity index is 988. The molecule has 0 aliphatic heterocycles. The molecule has 146 valence electrons. The topological polar surface area (TPSA) is 42.0 Å². The van der Waals surface area contributed by atoms with Gasteiger partial charge in [0.25, 0.3) is 0 Å². The van der Waals surface area contributed by atoms with Crippen LogP contribution in [-0.4, -0.2) is 16.6 Å². The lowest BCUT2D eigenvalue weighted by molar-refractivity contribution is -0.137. The minimum Gasteiger partial charge on any atom is -0.324 e. The van der Waals surface area contributed by atoms with E-state index < -0.39 is 17.6 Å². The highest BCUT2D eigenvalue weighted by atomic mass is 35.5. The normalized spacial score (nSPS) is 11.5. The number of carbonyl (C=O) groups is 1. The van der Waals surface area contributed by atoms with E-state index in [0.29, 0.717) is 4.34 Å². The minimum atomic E-state index is -4.51. The van der Waals surface area contributed by atoms with Crippen LogP contribution >= 0.6 is 34.7 Å². The summed E-state index contributed by atoms with van der Waals surface area (Å²) in [7, 11) is 0. The van der Waals surface area contributed by atoms with Crippen LogP contribution < -0.4 is 5.32 Å². The van der Waals surface area contributed by atoms with Gasteiger partial charge in [-0.25, -0.2) is 4.98 Å². The molecule has 0 spiro atoms. The highest BCUT2D eigenvalue weighted by molar-refractivity contribution is 8.01. The zero-order chi connectivity index (χ0) is 20.3. The van der Waals surface area contributed by atoms with E-state index in [1.54, 1.807) is 0 Å². The molecule has 0 saturated heterocycles. The van der Waals surface area contributed by atoms with Gasteiger partial charge < -0.3 is 5.32 Å². The highest BCUT2D eigenvalue weighted by Crippen LogP contribution is 2.34. The van der Waals surface area contributed by atoms with Crippen LogP contribution in [0.25, 0.3) is 11.3 Å². The number of amides is 1. The van der Waals surface area contributed by atoms with Gasteiger partial charge in [0, 0.05) is 10.9 Å². The van der Waals surface area contributed by atoms with Crippen molar-refractivity contribution < 1.29 is 18.0 Å². The molecule has 0 aliphatic carbocycles. The van der Waals surface area contributed by atoms with E-state index in [1.807, 2.05) is 36.6 Å². The molecule has 0 saturated carbocycles. The number of rotatable bonds is 5. The van der Waals surface area contributed by atoms with Crippen molar-refractivity contribution in [2.24, 2.45) is 0 Å². The number of aromatic nitrogens is 1. The Morgan fingerprint density at radius 3 is 2.61 bits per heavy atom. The fraction of sp³-hybridized carbons (Fsp3) is 0.158. The van der Waals surface area contributed by atoms with Gasteiger partial charge in [-0.1, -0.05) is 53.2 Å². The zero-order valence-electron chi connectivity index (χ0n) is 14.5. The lowest BCUT2D eigenvalue weighted by Crippen LogP contribution is -2.15. The lowest BCUT2D eigenvalue weighted by Gasteiger charge is -2.11. The predicted molar refractivity (Wildman–Crippen MR) is 108 cm³/mol. The maximum Gasteiger partial charge on any atom is 0.416 e. The van der Waals surface area contributed by atoms with E-state index in [0.717, 1.165) is 35.0 Å². The fourth-order valence-corrected chi connectivity index (χ4v) is 4.09. The number of nitrogens with zero attached hydrogens (tertiary/aromatic N) is 1. The molecule has 9 heteroatoms. The lowest BCUT2D eigenvalue weighted by atomic mass is 10.1. The van der Waals surface area contributed by atoms with Crippen LogP contribution in [0, 0.1) is 6.92 Å². The first-order valence-electron chi connectivity index (χ1n) is 8.04. The first-order chi connectivity index (χ1) is 13.2. The summed E-state index contributed by atoms with van der Waals surface area (Å²) >= 11 is 8.51. The van der Waals surface area contributed by atoms with Gasteiger partial charge in [-0.05, 0) is 25.1 Å². The van der Waals surface area contributed by atoms with Crippen molar-refractivity contribution in [2.45, 2.75) is 17.4 Å². The molecule has 3 rings (SSSR count). The third-order valence-corrected chi connectivity index (χ3v) is 6.08. The quantitative estimate of drug-likeness (QED) is 0.457. The second kappa shape index (κ2) is 8.55. The van der Waals surface area contributed by atoms with E-state index in [9.17, 15) is 18.0 Å². The van der Waals surface area contributed by atoms with E-state index in [4.69, 9.17) is 11.6 Å². The molecule has 2 aromatic carbocycles. The van der Waals surface area contributed by atoms with Crippen LogP contribution in [0.4, 0.5) is 18.9 Å². The van der Waals surface area contributed by atoms with Crippen molar-refractivity contribution >= 4 is 46.3 Å². The molecular weight excluding hydrogens is 429 g/mol. The maximum atomic E-state index is 12.8. The molecule has 0 unspecified atom stereocenters. The summed E-state index contributed by atoms with van der Waals surface area (Å²) in [5, 5.41) is 4.36. The van der Waals surface area contributed by atoms with Gasteiger partial charge >= 0.3 is 6.18 Å². The Balaban J connectivity index is 1.61. The molecule has 0 bridgehead atoms. The van der Waals surface area contributed by atoms with Crippen molar-refractivity contribution in [3.05, 3.63) is 64.0 Å². The van der Waals surface area contributed by atoms with E-state index in [1.165, 1.54) is 23.1 Å². The highest BCUT2D eigenvalue weighted by Gasteiger charge is 2.31. The standard InChI is InChI=1S/C19H14ClF3N2OS2/c1-11-2-4-12(5-3-11)16-9-27-18(25-16)28-10-17(26)24-15-8-13(19(21,22)23)6-7-14(15)20/h2-9H,10H2,1H3,(H,24,26). The summed E-state index contributed by atoms with van der Waals surface area (Å²) in [6.45, 7) is 2.00. The number of carbonyl (C=O) groups excluding carboxylic acids is 1. The number of benzene rings is 2. The van der Waals surface area contributed by atoms with Crippen molar-refractivity contribution in [1.29, 1.82) is 0 Å². The van der Waals surface area contributed by atoms with Crippen molar-refractivity contribution in [3.63, 3.8) is 0 Å². The van der Waals surface area contributed by atoms with Crippen LogP contribution in [0.5, 0.6) is 0 Å². The number of anilines is 1. The number of nitrogens with one attached hydrogen (secondary N) is 1. The SMILES string of the molecule is Cc1ccc(-c2csc(SCC(=O)Nc3cc(C(F)(F)F)ccc3Cl)n2)cc1. The number of aryl methyl sites for hydroxylation is 1. The molecule has 0 radical (unpaired) electrons. The zero-order valence-corrected chi connectivity index (χ0v) is 16.9. The summed E-state index contributed by atoms with van der Waals surface area (Å²) in [5.41, 5.74) is 2.00. The summed E-state index contributed by atoms with van der Waals surface area (Å²) < 4.78 is 39.1. The van der Waals surface area contributed by atoms with Crippen molar-refractivity contribution in [3.8, 4) is 11.3 Å². The third kappa shape index (κ3) is 5.27. The maximum absolute atomic E-state index is 12.8. The molecule has 28 heavy (non-hydrogen) atoms. The number of halogens is 4. The van der Waals surface area contributed by atoms with Crippen LogP contribution in [0.2, 0.25) is 5.02 Å². The average Bonchev–Trinajstić information content (AvgIpc) is 3.10. The third-order valence-electron chi connectivity index (χ3n) is 3.72. The van der Waals surface area contributed by atoms with Gasteiger partial charge in [0.15, 0.2) is 4.34 Å². The van der Waals surface area contributed by atoms with Gasteiger partial charge in [-0.15, -0.1) is 11.3 Å². The van der Waals surface area contributed by atoms with Gasteiger partial charge in [-0.3, -0.25) is 4.79 Å².